The van der Waals surface area contributed by atoms with Crippen molar-refractivity contribution in [2.24, 2.45) is 4.99 Å². The first-order chi connectivity index (χ1) is 9.72. The van der Waals surface area contributed by atoms with Crippen molar-refractivity contribution in [2.45, 2.75) is 26.2 Å². The molecular formula is C16H17NO3. The fourth-order valence-corrected chi connectivity index (χ4v) is 2.20. The summed E-state index contributed by atoms with van der Waals surface area (Å²) < 4.78 is 4.83. The summed E-state index contributed by atoms with van der Waals surface area (Å²) in [4.78, 5) is 27.7. The maximum Gasteiger partial charge on any atom is 0.313 e. The van der Waals surface area contributed by atoms with Gasteiger partial charge in [-0.1, -0.05) is 18.2 Å². The van der Waals surface area contributed by atoms with Crippen LogP contribution >= 0.6 is 0 Å². The molecule has 0 bridgehead atoms. The first-order valence-corrected chi connectivity index (χ1v) is 6.68. The minimum atomic E-state index is -0.474. The molecule has 0 spiro atoms. The van der Waals surface area contributed by atoms with Crippen LogP contribution in [0.5, 0.6) is 0 Å². The van der Waals surface area contributed by atoms with Crippen molar-refractivity contribution in [1.29, 1.82) is 0 Å². The van der Waals surface area contributed by atoms with E-state index in [1.807, 2.05) is 24.4 Å². The fraction of sp³-hybridized carbons (Fsp3) is 0.312. The SMILES string of the molecule is CCOC(=O)CC(=O)C1=CC=CCC1=C1C=CN=CC1. The molecule has 0 radical (unpaired) electrons. The summed E-state index contributed by atoms with van der Waals surface area (Å²) in [6.07, 6.45) is 12.3. The minimum absolute atomic E-state index is 0.189. The van der Waals surface area contributed by atoms with E-state index in [0.717, 1.165) is 11.1 Å². The smallest absolute Gasteiger partial charge is 0.313 e. The number of ketones is 1. The van der Waals surface area contributed by atoms with Gasteiger partial charge in [0.2, 0.25) is 0 Å². The van der Waals surface area contributed by atoms with Gasteiger partial charge >= 0.3 is 5.97 Å². The maximum atomic E-state index is 12.2. The molecule has 0 amide bonds. The van der Waals surface area contributed by atoms with Gasteiger partial charge < -0.3 is 4.74 Å². The number of carbonyl (C=O) groups is 2. The van der Waals surface area contributed by atoms with E-state index in [9.17, 15) is 9.59 Å². The zero-order valence-corrected chi connectivity index (χ0v) is 11.5. The molecule has 0 saturated heterocycles. The third kappa shape index (κ3) is 3.41. The van der Waals surface area contributed by atoms with Crippen molar-refractivity contribution >= 4 is 18.0 Å². The molecule has 2 rings (SSSR count). The number of esters is 1. The first-order valence-electron chi connectivity index (χ1n) is 6.68. The van der Waals surface area contributed by atoms with Crippen molar-refractivity contribution < 1.29 is 14.3 Å². The zero-order chi connectivity index (χ0) is 14.4. The standard InChI is InChI=1S/C16H17NO3/c1-2-20-16(19)11-15(18)14-6-4-3-5-13(14)12-7-9-17-10-8-12/h3-4,6-7,9-10H,2,5,8,11H2,1H3. The zero-order valence-electron chi connectivity index (χ0n) is 11.5. The highest BCUT2D eigenvalue weighted by atomic mass is 16.5. The summed E-state index contributed by atoms with van der Waals surface area (Å²) in [6, 6.07) is 0. The lowest BCUT2D eigenvalue weighted by atomic mass is 9.88. The molecule has 0 aromatic rings. The van der Waals surface area contributed by atoms with E-state index in [1.54, 1.807) is 19.2 Å². The van der Waals surface area contributed by atoms with Gasteiger partial charge in [0.05, 0.1) is 6.61 Å². The highest BCUT2D eigenvalue weighted by Crippen LogP contribution is 2.28. The van der Waals surface area contributed by atoms with E-state index in [2.05, 4.69) is 4.99 Å². The summed E-state index contributed by atoms with van der Waals surface area (Å²) >= 11 is 0. The van der Waals surface area contributed by atoms with Gasteiger partial charge in [0.15, 0.2) is 5.78 Å². The molecule has 4 heteroatoms. The minimum Gasteiger partial charge on any atom is -0.466 e. The third-order valence-corrected chi connectivity index (χ3v) is 3.12. The predicted molar refractivity (Wildman–Crippen MR) is 77.4 cm³/mol. The number of carbonyl (C=O) groups excluding carboxylic acids is 2. The molecule has 1 aliphatic heterocycles. The lowest BCUT2D eigenvalue weighted by Crippen LogP contribution is -2.15. The monoisotopic (exact) mass is 271 g/mol. The van der Waals surface area contributed by atoms with Crippen LogP contribution in [0.25, 0.3) is 0 Å². The van der Waals surface area contributed by atoms with Crippen molar-refractivity contribution in [1.82, 2.24) is 0 Å². The molecule has 0 N–H and O–H groups in total. The van der Waals surface area contributed by atoms with Gasteiger partial charge in [-0.3, -0.25) is 14.6 Å². The van der Waals surface area contributed by atoms with E-state index in [4.69, 9.17) is 4.74 Å². The Kier molecular flexibility index (Phi) is 4.82. The van der Waals surface area contributed by atoms with Gasteiger partial charge in [-0.05, 0) is 30.6 Å². The molecule has 0 fully saturated rings. The van der Waals surface area contributed by atoms with Crippen molar-refractivity contribution in [2.75, 3.05) is 6.61 Å². The fourth-order valence-electron chi connectivity index (χ4n) is 2.20. The topological polar surface area (TPSA) is 55.7 Å². The molecule has 20 heavy (non-hydrogen) atoms. The van der Waals surface area contributed by atoms with Gasteiger partial charge in [0.25, 0.3) is 0 Å². The second kappa shape index (κ2) is 6.80. The molecule has 0 saturated carbocycles. The Morgan fingerprint density at radius 1 is 1.35 bits per heavy atom. The van der Waals surface area contributed by atoms with Gasteiger partial charge in [-0.2, -0.15) is 0 Å². The lowest BCUT2D eigenvalue weighted by Gasteiger charge is -2.16. The highest BCUT2D eigenvalue weighted by molar-refractivity contribution is 6.08. The Morgan fingerprint density at radius 3 is 2.90 bits per heavy atom. The van der Waals surface area contributed by atoms with Crippen molar-refractivity contribution in [3.63, 3.8) is 0 Å². The van der Waals surface area contributed by atoms with Crippen molar-refractivity contribution in [3.05, 3.63) is 47.2 Å². The summed E-state index contributed by atoms with van der Waals surface area (Å²) in [5.74, 6) is -0.663. The number of allylic oxidation sites excluding steroid dienone is 7. The van der Waals surface area contributed by atoms with Crippen molar-refractivity contribution in [3.8, 4) is 0 Å². The molecule has 0 aromatic carbocycles. The van der Waals surface area contributed by atoms with Gasteiger partial charge in [-0.25, -0.2) is 0 Å². The molecule has 4 nitrogen and oxygen atoms in total. The Bertz CT molecular complexity index is 562. The quantitative estimate of drug-likeness (QED) is 0.583. The van der Waals surface area contributed by atoms with Crippen LogP contribution in [-0.4, -0.2) is 24.6 Å². The summed E-state index contributed by atoms with van der Waals surface area (Å²) in [7, 11) is 0. The van der Waals surface area contributed by atoms with Gasteiger partial charge in [0, 0.05) is 24.4 Å². The van der Waals surface area contributed by atoms with E-state index in [1.165, 1.54) is 0 Å². The molecule has 104 valence electrons. The summed E-state index contributed by atoms with van der Waals surface area (Å²) in [6.45, 7) is 2.02. The van der Waals surface area contributed by atoms with E-state index >= 15 is 0 Å². The van der Waals surface area contributed by atoms with Crippen LogP contribution in [-0.2, 0) is 14.3 Å². The number of nitrogens with zero attached hydrogens (tertiary/aromatic N) is 1. The van der Waals surface area contributed by atoms with E-state index < -0.39 is 5.97 Å². The van der Waals surface area contributed by atoms with Gasteiger partial charge in [0.1, 0.15) is 6.42 Å². The molecule has 0 atom stereocenters. The largest absolute Gasteiger partial charge is 0.466 e. The van der Waals surface area contributed by atoms with Crippen LogP contribution in [0.3, 0.4) is 0 Å². The molecule has 1 aliphatic carbocycles. The van der Waals surface area contributed by atoms with E-state index in [0.29, 0.717) is 18.4 Å². The molecule has 1 heterocycles. The first kappa shape index (κ1) is 14.2. The number of rotatable bonds is 4. The molecule has 0 aromatic heterocycles. The highest BCUT2D eigenvalue weighted by Gasteiger charge is 2.21. The Hall–Kier alpha value is -2.23. The number of ether oxygens (including phenoxy) is 1. The number of hydrogen-bond acceptors (Lipinski definition) is 4. The average Bonchev–Trinajstić information content (AvgIpc) is 2.48. The second-order valence-electron chi connectivity index (χ2n) is 4.47. The van der Waals surface area contributed by atoms with Gasteiger partial charge in [-0.15, -0.1) is 0 Å². The van der Waals surface area contributed by atoms with Crippen LogP contribution in [0.2, 0.25) is 0 Å². The van der Waals surface area contributed by atoms with Crippen LogP contribution in [0.1, 0.15) is 26.2 Å². The van der Waals surface area contributed by atoms with Crippen LogP contribution in [0.15, 0.2) is 52.2 Å². The summed E-state index contributed by atoms with van der Waals surface area (Å²) in [5, 5.41) is 0. The molecule has 2 aliphatic rings. The summed E-state index contributed by atoms with van der Waals surface area (Å²) in [5.41, 5.74) is 2.66. The lowest BCUT2D eigenvalue weighted by molar-refractivity contribution is -0.144. The number of aliphatic imine (C=N–C) groups is 1. The average molecular weight is 271 g/mol. The molecule has 0 unspecified atom stereocenters. The Morgan fingerprint density at radius 2 is 2.20 bits per heavy atom. The van der Waals surface area contributed by atoms with E-state index in [-0.39, 0.29) is 18.8 Å². The van der Waals surface area contributed by atoms with Crippen LogP contribution in [0.4, 0.5) is 0 Å². The second-order valence-corrected chi connectivity index (χ2v) is 4.47. The van der Waals surface area contributed by atoms with Crippen LogP contribution < -0.4 is 0 Å². The maximum absolute atomic E-state index is 12.2. The third-order valence-electron chi connectivity index (χ3n) is 3.12. The number of Topliss-reactive ketones (excluding diaryl/α,β-unsaturated/α-hetero) is 1. The normalized spacial score (nSPS) is 20.8. The Labute approximate surface area is 118 Å². The Balaban J connectivity index is 2.19. The number of hydrogen-bond donors (Lipinski definition) is 0. The molecular weight excluding hydrogens is 254 g/mol. The van der Waals surface area contributed by atoms with Crippen LogP contribution in [0, 0.1) is 0 Å². The predicted octanol–water partition coefficient (Wildman–Crippen LogP) is 2.68.